The van der Waals surface area contributed by atoms with Crippen LogP contribution in [0.4, 0.5) is 0 Å². The second-order valence-electron chi connectivity index (χ2n) is 22.1. The monoisotopic (exact) mass is 1200 g/mol. The number of rotatable bonds is 45. The van der Waals surface area contributed by atoms with Crippen molar-refractivity contribution in [3.8, 4) is 0 Å². The number of allylic oxidation sites excluding steroid dienone is 17. The number of nitrogens with one attached hydrogen (secondary N) is 1. The van der Waals surface area contributed by atoms with Crippen LogP contribution >= 0.6 is 0 Å². The normalized spacial score (nSPS) is 29.7. The zero-order valence-electron chi connectivity index (χ0n) is 50.8. The number of hydrogen-bond donors (Lipinski definition) is 12. The molecule has 19 nitrogen and oxygen atoms in total. The van der Waals surface area contributed by atoms with Crippen LogP contribution in [0.5, 0.6) is 0 Å². The van der Waals surface area contributed by atoms with Gasteiger partial charge in [-0.15, -0.1) is 0 Å². The lowest BCUT2D eigenvalue weighted by molar-refractivity contribution is -0.379. The summed E-state index contributed by atoms with van der Waals surface area (Å²) in [5.74, 6) is -0.294. The van der Waals surface area contributed by atoms with E-state index in [4.69, 9.17) is 28.4 Å². The Hall–Kier alpha value is -3.55. The van der Waals surface area contributed by atoms with Crippen molar-refractivity contribution >= 4 is 5.91 Å². The van der Waals surface area contributed by atoms with E-state index in [1.165, 1.54) is 32.1 Å². The number of carbonyl (C=O) groups excluding carboxylic acids is 1. The van der Waals surface area contributed by atoms with Gasteiger partial charge in [-0.2, -0.15) is 0 Å². The molecule has 17 unspecified atom stereocenters. The van der Waals surface area contributed by atoms with E-state index in [2.05, 4.69) is 116 Å². The molecule has 0 aliphatic carbocycles. The van der Waals surface area contributed by atoms with Crippen LogP contribution < -0.4 is 5.32 Å². The van der Waals surface area contributed by atoms with E-state index in [0.717, 1.165) is 103 Å². The molecule has 85 heavy (non-hydrogen) atoms. The van der Waals surface area contributed by atoms with E-state index in [1.54, 1.807) is 6.08 Å². The molecule has 0 aromatic heterocycles. The van der Waals surface area contributed by atoms with Crippen LogP contribution in [0.3, 0.4) is 0 Å². The van der Waals surface area contributed by atoms with Gasteiger partial charge in [0.05, 0.1) is 38.6 Å². The zero-order chi connectivity index (χ0) is 61.9. The molecule has 1 amide bonds. The lowest BCUT2D eigenvalue weighted by atomic mass is 9.96. The van der Waals surface area contributed by atoms with Crippen LogP contribution in [0.2, 0.25) is 0 Å². The fourth-order valence-corrected chi connectivity index (χ4v) is 9.91. The molecule has 12 N–H and O–H groups in total. The molecule has 0 aromatic rings. The molecule has 0 saturated carbocycles. The molecule has 3 saturated heterocycles. The summed E-state index contributed by atoms with van der Waals surface area (Å²) in [5.41, 5.74) is 0. The Morgan fingerprint density at radius 3 is 1.27 bits per heavy atom. The molecule has 486 valence electrons. The molecule has 3 rings (SSSR count). The van der Waals surface area contributed by atoms with Crippen LogP contribution in [-0.4, -0.2) is 193 Å². The summed E-state index contributed by atoms with van der Waals surface area (Å²) in [5, 5.41) is 119. The van der Waals surface area contributed by atoms with Gasteiger partial charge in [0.15, 0.2) is 18.9 Å². The lowest BCUT2D eigenvalue weighted by Crippen LogP contribution is -2.66. The van der Waals surface area contributed by atoms with Crippen molar-refractivity contribution in [1.29, 1.82) is 0 Å². The first-order valence-electron chi connectivity index (χ1n) is 31.6. The molecule has 3 aliphatic rings. The van der Waals surface area contributed by atoms with Crippen molar-refractivity contribution in [1.82, 2.24) is 5.32 Å². The fourth-order valence-electron chi connectivity index (χ4n) is 9.91. The highest BCUT2D eigenvalue weighted by molar-refractivity contribution is 5.76. The number of carbonyl (C=O) groups is 1. The number of amides is 1. The molecule has 3 aliphatic heterocycles. The maximum Gasteiger partial charge on any atom is 0.220 e. The first kappa shape index (κ1) is 75.7. The maximum absolute atomic E-state index is 13.2. The van der Waals surface area contributed by atoms with Gasteiger partial charge >= 0.3 is 0 Å². The summed E-state index contributed by atoms with van der Waals surface area (Å²) >= 11 is 0. The SMILES string of the molecule is CC/C=C\C/C=C\C/C=C\C/C=C\C/C=C\C/C=C\C/C=C\C/C=C\CCCCCCCCCCCCC(=O)NC(COC1OC(CO)C(OC2OC(CO)C(OC3OC(CO)C(O)C(O)C3O)C(O)C2O)C(O)C1O)C(O)/C=C/CCCCC. The number of aliphatic hydroxyl groups is 11. The molecule has 0 aromatic carbocycles. The first-order chi connectivity index (χ1) is 41.3. The highest BCUT2D eigenvalue weighted by Crippen LogP contribution is 2.33. The van der Waals surface area contributed by atoms with Crippen LogP contribution in [0.15, 0.2) is 109 Å². The van der Waals surface area contributed by atoms with E-state index >= 15 is 0 Å². The average molecular weight is 1200 g/mol. The van der Waals surface area contributed by atoms with Gasteiger partial charge in [0, 0.05) is 6.42 Å². The van der Waals surface area contributed by atoms with Crippen LogP contribution in [0.25, 0.3) is 0 Å². The summed E-state index contributed by atoms with van der Waals surface area (Å²) < 4.78 is 34.1. The van der Waals surface area contributed by atoms with E-state index in [0.29, 0.717) is 12.8 Å². The highest BCUT2D eigenvalue weighted by Gasteiger charge is 2.53. The molecule has 0 bridgehead atoms. The van der Waals surface area contributed by atoms with Gasteiger partial charge < -0.3 is 89.9 Å². The van der Waals surface area contributed by atoms with Crippen LogP contribution in [-0.2, 0) is 33.2 Å². The van der Waals surface area contributed by atoms with Crippen molar-refractivity contribution in [3.63, 3.8) is 0 Å². The first-order valence-corrected chi connectivity index (χ1v) is 31.6. The third-order valence-electron chi connectivity index (χ3n) is 15.1. The highest BCUT2D eigenvalue weighted by atomic mass is 16.8. The van der Waals surface area contributed by atoms with Crippen molar-refractivity contribution in [3.05, 3.63) is 109 Å². The van der Waals surface area contributed by atoms with Crippen LogP contribution in [0.1, 0.15) is 168 Å². The van der Waals surface area contributed by atoms with Crippen LogP contribution in [0, 0.1) is 0 Å². The average Bonchev–Trinajstić information content (AvgIpc) is 2.21. The molecule has 3 heterocycles. The molecular weight excluding hydrogens is 1090 g/mol. The Labute approximate surface area is 506 Å². The van der Waals surface area contributed by atoms with Crippen molar-refractivity contribution < 1.29 is 89.4 Å². The number of ether oxygens (including phenoxy) is 6. The summed E-state index contributed by atoms with van der Waals surface area (Å²) in [6.45, 7) is 1.44. The van der Waals surface area contributed by atoms with Gasteiger partial charge in [-0.3, -0.25) is 4.79 Å². The topological polar surface area (TPSA) is 307 Å². The van der Waals surface area contributed by atoms with Gasteiger partial charge in [0.25, 0.3) is 0 Å². The smallest absolute Gasteiger partial charge is 0.220 e. The quantitative estimate of drug-likeness (QED) is 0.0223. The predicted octanol–water partition coefficient (Wildman–Crippen LogP) is 6.71. The van der Waals surface area contributed by atoms with Gasteiger partial charge in [-0.1, -0.05) is 187 Å². The molecule has 0 spiro atoms. The molecule has 19 heteroatoms. The van der Waals surface area contributed by atoms with E-state index in [1.807, 2.05) is 6.08 Å². The summed E-state index contributed by atoms with van der Waals surface area (Å²) in [7, 11) is 0. The molecule has 0 radical (unpaired) electrons. The third kappa shape index (κ3) is 30.5. The van der Waals surface area contributed by atoms with E-state index in [9.17, 15) is 61.0 Å². The molecule has 3 fully saturated rings. The third-order valence-corrected chi connectivity index (χ3v) is 15.1. The van der Waals surface area contributed by atoms with Gasteiger partial charge in [-0.25, -0.2) is 0 Å². The largest absolute Gasteiger partial charge is 0.394 e. The summed E-state index contributed by atoms with van der Waals surface area (Å²) in [4.78, 5) is 13.2. The van der Waals surface area contributed by atoms with Gasteiger partial charge in [0.2, 0.25) is 5.91 Å². The number of hydrogen-bond acceptors (Lipinski definition) is 18. The Bertz CT molecular complexity index is 1970. The second kappa shape index (κ2) is 47.5. The van der Waals surface area contributed by atoms with Crippen molar-refractivity contribution in [2.45, 2.75) is 272 Å². The summed E-state index contributed by atoms with van der Waals surface area (Å²) in [6.07, 6.45) is 35.9. The van der Waals surface area contributed by atoms with E-state index < -0.39 is 124 Å². The second-order valence-corrected chi connectivity index (χ2v) is 22.1. The van der Waals surface area contributed by atoms with Crippen molar-refractivity contribution in [2.24, 2.45) is 0 Å². The van der Waals surface area contributed by atoms with Gasteiger partial charge in [-0.05, 0) is 83.5 Å². The zero-order valence-corrected chi connectivity index (χ0v) is 50.8. The fraction of sp³-hybridized carbons (Fsp3) is 0.712. The molecular formula is C66H109NO18. The standard InChI is InChI=1S/C66H109NO18/c1-3-5-7-9-10-11-12-13-14-15-16-17-18-19-20-21-22-23-24-25-26-27-28-29-30-31-32-33-34-35-36-37-38-40-42-44-54(72)67-49(50(71)43-41-39-8-6-4-2)48-80-64-60(78)57(75)62(52(46-69)82-64)85-66-61(79)58(76)63(53(47-70)83-66)84-65-59(77)56(74)55(73)51(45-68)81-65/h5,7,10-11,13-14,16-17,19-20,22-23,25-26,28-29,41,43,49-53,55-66,68-71,73-79H,3-4,6,8-9,12,15,18,21,24,27,30-40,42,44-48H2,1-2H3,(H,67,72)/b7-5-,11-10-,14-13-,17-16-,20-19-,23-22-,26-25-,29-28-,43-41+. The van der Waals surface area contributed by atoms with Crippen molar-refractivity contribution in [2.75, 3.05) is 26.4 Å². The minimum atomic E-state index is -1.98. The Morgan fingerprint density at radius 2 is 0.812 bits per heavy atom. The Kier molecular flexibility index (Phi) is 42.3. The number of unbranched alkanes of at least 4 members (excludes halogenated alkanes) is 13. The lowest BCUT2D eigenvalue weighted by Gasteiger charge is -2.48. The van der Waals surface area contributed by atoms with E-state index in [-0.39, 0.29) is 18.9 Å². The summed E-state index contributed by atoms with van der Waals surface area (Å²) in [6, 6.07) is -0.978. The Morgan fingerprint density at radius 1 is 0.435 bits per heavy atom. The minimum Gasteiger partial charge on any atom is -0.394 e. The minimum absolute atomic E-state index is 0.229. The maximum atomic E-state index is 13.2. The predicted molar refractivity (Wildman–Crippen MR) is 327 cm³/mol. The Balaban J connectivity index is 1.30. The number of aliphatic hydroxyl groups excluding tert-OH is 11. The van der Waals surface area contributed by atoms with Gasteiger partial charge in [0.1, 0.15) is 73.2 Å². The molecule has 17 atom stereocenters.